The van der Waals surface area contributed by atoms with Gasteiger partial charge >= 0.3 is 0 Å². The number of aryl methyl sites for hydroxylation is 1. The number of hydrogen-bond donors (Lipinski definition) is 3. The maximum atomic E-state index is 14.0. The molecule has 0 aliphatic heterocycles. The first-order valence-electron chi connectivity index (χ1n) is 11.7. The largest absolute Gasteiger partial charge is 0.395 e. The van der Waals surface area contributed by atoms with E-state index in [0.29, 0.717) is 16.1 Å². The summed E-state index contributed by atoms with van der Waals surface area (Å²) in [5.41, 5.74) is 13.6. The fourth-order valence-corrected chi connectivity index (χ4v) is 5.38. The first-order valence-corrected chi connectivity index (χ1v) is 12.9. The van der Waals surface area contributed by atoms with Crippen molar-refractivity contribution in [3.8, 4) is 0 Å². The number of nitrogens with zero attached hydrogens (tertiary/aromatic N) is 2. The Hall–Kier alpha value is -3.43. The highest BCUT2D eigenvalue weighted by atomic mass is 35.5. The van der Waals surface area contributed by atoms with Crippen molar-refractivity contribution in [2.45, 2.75) is 51.2 Å². The lowest BCUT2D eigenvalue weighted by Gasteiger charge is -2.32. The Morgan fingerprint density at radius 1 is 1.14 bits per heavy atom. The summed E-state index contributed by atoms with van der Waals surface area (Å²) < 4.78 is 3.98. The summed E-state index contributed by atoms with van der Waals surface area (Å²) in [7, 11) is 0. The molecule has 1 saturated carbocycles. The number of benzene rings is 2. The lowest BCUT2D eigenvalue weighted by molar-refractivity contribution is -0.126. The standard InChI is InChI=1S/C26H28ClN5O3S/c1-15-10-12-16(13-11-15)22(25(34)30-18-7-3-4-8-18)32(14-17-6-2-5-9-19(17)27)26(35)23-20(28)21(24(29)33)31-36-23/h2,5-6,9-13,18,22H,3-4,7-8,14,28H2,1H3,(H2,29,33)(H,30,34)/t22-/m0/s1. The van der Waals surface area contributed by atoms with Gasteiger partial charge in [-0.1, -0.05) is 72.5 Å². The van der Waals surface area contributed by atoms with E-state index in [2.05, 4.69) is 9.69 Å². The molecule has 1 fully saturated rings. The van der Waals surface area contributed by atoms with E-state index in [-0.39, 0.29) is 34.8 Å². The zero-order valence-corrected chi connectivity index (χ0v) is 21.4. The average molecular weight is 526 g/mol. The smallest absolute Gasteiger partial charge is 0.270 e. The van der Waals surface area contributed by atoms with E-state index in [0.717, 1.165) is 42.8 Å². The van der Waals surface area contributed by atoms with E-state index in [9.17, 15) is 14.4 Å². The minimum atomic E-state index is -0.964. The van der Waals surface area contributed by atoms with Crippen molar-refractivity contribution in [2.24, 2.45) is 5.73 Å². The van der Waals surface area contributed by atoms with Crippen LogP contribution < -0.4 is 16.8 Å². The van der Waals surface area contributed by atoms with E-state index in [1.807, 2.05) is 37.3 Å². The van der Waals surface area contributed by atoms with Crippen LogP contribution >= 0.6 is 23.1 Å². The van der Waals surface area contributed by atoms with E-state index in [1.165, 1.54) is 4.90 Å². The van der Waals surface area contributed by atoms with Gasteiger partial charge in [0, 0.05) is 17.6 Å². The Morgan fingerprint density at radius 2 is 1.81 bits per heavy atom. The molecular weight excluding hydrogens is 498 g/mol. The zero-order chi connectivity index (χ0) is 25.8. The summed E-state index contributed by atoms with van der Waals surface area (Å²) in [4.78, 5) is 41.0. The van der Waals surface area contributed by atoms with Gasteiger partial charge in [-0.05, 0) is 48.5 Å². The molecule has 10 heteroatoms. The Balaban J connectivity index is 1.81. The highest BCUT2D eigenvalue weighted by Gasteiger charge is 2.36. The van der Waals surface area contributed by atoms with Crippen LogP contribution in [0, 0.1) is 6.92 Å². The van der Waals surface area contributed by atoms with Gasteiger partial charge in [-0.25, -0.2) is 0 Å². The monoisotopic (exact) mass is 525 g/mol. The van der Waals surface area contributed by atoms with Crippen LogP contribution in [0.5, 0.6) is 0 Å². The van der Waals surface area contributed by atoms with Crippen LogP contribution in [0.2, 0.25) is 5.02 Å². The number of hydrogen-bond acceptors (Lipinski definition) is 6. The molecule has 0 radical (unpaired) electrons. The van der Waals surface area contributed by atoms with Crippen molar-refractivity contribution in [3.63, 3.8) is 0 Å². The van der Waals surface area contributed by atoms with Gasteiger partial charge in [0.1, 0.15) is 10.9 Å². The number of anilines is 1. The molecule has 8 nitrogen and oxygen atoms in total. The number of carbonyl (C=O) groups is 3. The zero-order valence-electron chi connectivity index (χ0n) is 19.9. The van der Waals surface area contributed by atoms with E-state index in [1.54, 1.807) is 18.2 Å². The Morgan fingerprint density at radius 3 is 2.42 bits per heavy atom. The normalized spacial score (nSPS) is 14.4. The maximum absolute atomic E-state index is 14.0. The number of nitrogens with two attached hydrogens (primary N) is 2. The predicted molar refractivity (Wildman–Crippen MR) is 141 cm³/mol. The summed E-state index contributed by atoms with van der Waals surface area (Å²) in [5.74, 6) is -1.65. The summed E-state index contributed by atoms with van der Waals surface area (Å²) >= 11 is 7.23. The van der Waals surface area contributed by atoms with Crippen molar-refractivity contribution in [1.29, 1.82) is 0 Å². The number of aromatic nitrogens is 1. The molecule has 0 spiro atoms. The van der Waals surface area contributed by atoms with Crippen molar-refractivity contribution in [1.82, 2.24) is 14.6 Å². The predicted octanol–water partition coefficient (Wildman–Crippen LogP) is 4.23. The van der Waals surface area contributed by atoms with E-state index >= 15 is 0 Å². The molecule has 3 amide bonds. The van der Waals surface area contributed by atoms with Gasteiger partial charge in [-0.2, -0.15) is 4.37 Å². The first kappa shape index (κ1) is 25.7. The quantitative estimate of drug-likeness (QED) is 0.405. The van der Waals surface area contributed by atoms with Crippen molar-refractivity contribution in [2.75, 3.05) is 5.73 Å². The second-order valence-electron chi connectivity index (χ2n) is 8.97. The summed E-state index contributed by atoms with van der Waals surface area (Å²) in [5, 5.41) is 3.60. The molecule has 1 aromatic heterocycles. The molecule has 0 bridgehead atoms. The molecule has 0 unspecified atom stereocenters. The summed E-state index contributed by atoms with van der Waals surface area (Å²) in [6.45, 7) is 1.99. The molecule has 1 aliphatic rings. The maximum Gasteiger partial charge on any atom is 0.270 e. The molecule has 188 valence electrons. The number of carbonyl (C=O) groups excluding carboxylic acids is 3. The minimum Gasteiger partial charge on any atom is -0.395 e. The van der Waals surface area contributed by atoms with Crippen LogP contribution in [0.25, 0.3) is 0 Å². The molecule has 1 aliphatic carbocycles. The molecule has 5 N–H and O–H groups in total. The Kier molecular flexibility index (Phi) is 7.91. The minimum absolute atomic E-state index is 0.0401. The fourth-order valence-electron chi connectivity index (χ4n) is 4.42. The van der Waals surface area contributed by atoms with Crippen molar-refractivity contribution >= 4 is 46.5 Å². The number of halogens is 1. The lowest BCUT2D eigenvalue weighted by Crippen LogP contribution is -2.46. The van der Waals surface area contributed by atoms with Crippen LogP contribution in [0.15, 0.2) is 48.5 Å². The van der Waals surface area contributed by atoms with Gasteiger partial charge in [-0.3, -0.25) is 14.4 Å². The lowest BCUT2D eigenvalue weighted by atomic mass is 10.0. The highest BCUT2D eigenvalue weighted by Crippen LogP contribution is 2.32. The second kappa shape index (κ2) is 11.1. The van der Waals surface area contributed by atoms with Crippen LogP contribution in [0.4, 0.5) is 5.69 Å². The van der Waals surface area contributed by atoms with Gasteiger partial charge in [0.2, 0.25) is 5.91 Å². The van der Waals surface area contributed by atoms with Crippen molar-refractivity contribution < 1.29 is 14.4 Å². The van der Waals surface area contributed by atoms with E-state index < -0.39 is 17.9 Å². The van der Waals surface area contributed by atoms with Crippen LogP contribution in [0.1, 0.15) is 68.6 Å². The Labute approximate surface area is 218 Å². The molecule has 3 aromatic rings. The van der Waals surface area contributed by atoms with Gasteiger partial charge in [0.15, 0.2) is 5.69 Å². The van der Waals surface area contributed by atoms with Crippen molar-refractivity contribution in [3.05, 3.63) is 80.8 Å². The summed E-state index contributed by atoms with van der Waals surface area (Å²) in [6.07, 6.45) is 3.90. The fraction of sp³-hybridized carbons (Fsp3) is 0.308. The van der Waals surface area contributed by atoms with Gasteiger partial charge in [0.05, 0.1) is 5.69 Å². The third-order valence-corrected chi connectivity index (χ3v) is 7.59. The third kappa shape index (κ3) is 5.52. The molecule has 1 atom stereocenters. The van der Waals surface area contributed by atoms with Crippen LogP contribution in [-0.2, 0) is 11.3 Å². The molecule has 4 rings (SSSR count). The molecular formula is C26H28ClN5O3S. The number of primary amides is 1. The van der Waals surface area contributed by atoms with Crippen LogP contribution in [0.3, 0.4) is 0 Å². The number of nitrogens with one attached hydrogen (secondary N) is 1. The molecule has 1 heterocycles. The van der Waals surface area contributed by atoms with Gasteiger partial charge in [-0.15, -0.1) is 0 Å². The number of amides is 3. The second-order valence-corrected chi connectivity index (χ2v) is 10.1. The molecule has 2 aromatic carbocycles. The summed E-state index contributed by atoms with van der Waals surface area (Å²) in [6, 6.07) is 13.7. The highest BCUT2D eigenvalue weighted by molar-refractivity contribution is 7.09. The Bertz CT molecular complexity index is 1270. The van der Waals surface area contributed by atoms with E-state index in [4.69, 9.17) is 23.1 Å². The number of nitrogen functional groups attached to an aromatic ring is 1. The van der Waals surface area contributed by atoms with Gasteiger partial charge in [0.25, 0.3) is 11.8 Å². The first-order chi connectivity index (χ1) is 17.3. The topological polar surface area (TPSA) is 131 Å². The third-order valence-electron chi connectivity index (χ3n) is 6.37. The van der Waals surface area contributed by atoms with Crippen LogP contribution in [-0.4, -0.2) is 33.0 Å². The van der Waals surface area contributed by atoms with Gasteiger partial charge < -0.3 is 21.7 Å². The number of rotatable bonds is 8. The molecule has 0 saturated heterocycles. The average Bonchev–Trinajstić information content (AvgIpc) is 3.50. The molecule has 36 heavy (non-hydrogen) atoms. The SMILES string of the molecule is Cc1ccc([C@@H](C(=O)NC2CCCC2)N(Cc2ccccc2Cl)C(=O)c2snc(C(N)=O)c2N)cc1.